The summed E-state index contributed by atoms with van der Waals surface area (Å²) in [6.45, 7) is 5.82. The fraction of sp³-hybridized carbons (Fsp3) is 0.600. The summed E-state index contributed by atoms with van der Waals surface area (Å²) < 4.78 is 7.45. The van der Waals surface area contributed by atoms with Crippen LogP contribution < -0.4 is 5.32 Å². The molecule has 3 rings (SSSR count). The van der Waals surface area contributed by atoms with Crippen LogP contribution in [0.25, 0.3) is 0 Å². The number of aromatic nitrogens is 3. The molecule has 2 aromatic rings. The second kappa shape index (κ2) is 9.70. The molecule has 3 heterocycles. The number of hydrogen-bond acceptors (Lipinski definition) is 6. The van der Waals surface area contributed by atoms with Gasteiger partial charge in [-0.3, -0.25) is 4.90 Å². The molecule has 1 saturated heterocycles. The van der Waals surface area contributed by atoms with Gasteiger partial charge in [-0.15, -0.1) is 36.2 Å². The second-order valence-electron chi connectivity index (χ2n) is 5.64. The average Bonchev–Trinajstić information content (AvgIpc) is 3.16. The highest BCUT2D eigenvalue weighted by Crippen LogP contribution is 2.25. The summed E-state index contributed by atoms with van der Waals surface area (Å²) in [6.07, 6.45) is 3.93. The molecule has 1 aliphatic heterocycles. The lowest BCUT2D eigenvalue weighted by Crippen LogP contribution is -2.46. The van der Waals surface area contributed by atoms with Gasteiger partial charge in [0.2, 0.25) is 0 Å². The number of piperazine rings is 1. The monoisotopic (exact) mass is 393 g/mol. The molecule has 2 aromatic heterocycles. The van der Waals surface area contributed by atoms with E-state index in [9.17, 15) is 0 Å². The standard InChI is InChI=1S/C15H23N5OS.2ClH/c1-11(21-3)15-18-12(10-22-15)9-20-7-4-16-8-13(20)14-17-5-6-19(14)2;;/h5-6,10-11,13,16H,4,7-9H2,1-3H3;2*1H. The van der Waals surface area contributed by atoms with Crippen LogP contribution in [0.5, 0.6) is 0 Å². The molecule has 136 valence electrons. The molecular formula is C15H25Cl2N5OS. The summed E-state index contributed by atoms with van der Waals surface area (Å²) in [7, 11) is 3.77. The number of ether oxygens (including phenoxy) is 1. The van der Waals surface area contributed by atoms with Gasteiger partial charge < -0.3 is 14.6 Å². The van der Waals surface area contributed by atoms with Crippen molar-refractivity contribution in [2.75, 3.05) is 26.7 Å². The summed E-state index contributed by atoms with van der Waals surface area (Å²) in [5.41, 5.74) is 1.12. The van der Waals surface area contributed by atoms with Crippen molar-refractivity contribution < 1.29 is 4.74 Å². The SMILES string of the molecule is COC(C)c1nc(CN2CCNCC2c2nccn2C)cs1.Cl.Cl. The number of methoxy groups -OCH3 is 1. The number of nitrogens with one attached hydrogen (secondary N) is 1. The van der Waals surface area contributed by atoms with Crippen molar-refractivity contribution in [1.29, 1.82) is 0 Å². The highest BCUT2D eigenvalue weighted by atomic mass is 35.5. The van der Waals surface area contributed by atoms with E-state index >= 15 is 0 Å². The molecule has 0 saturated carbocycles. The molecule has 9 heteroatoms. The maximum atomic E-state index is 5.35. The third-order valence-corrected chi connectivity index (χ3v) is 5.20. The van der Waals surface area contributed by atoms with E-state index in [2.05, 4.69) is 32.2 Å². The first-order valence-electron chi connectivity index (χ1n) is 7.58. The molecule has 2 atom stereocenters. The van der Waals surface area contributed by atoms with Gasteiger partial charge in [-0.2, -0.15) is 0 Å². The number of nitrogens with zero attached hydrogens (tertiary/aromatic N) is 4. The van der Waals surface area contributed by atoms with Gasteiger partial charge in [0.15, 0.2) is 0 Å². The van der Waals surface area contributed by atoms with Crippen LogP contribution in [0.2, 0.25) is 0 Å². The largest absolute Gasteiger partial charge is 0.375 e. The molecule has 6 nitrogen and oxygen atoms in total. The minimum Gasteiger partial charge on any atom is -0.375 e. The summed E-state index contributed by atoms with van der Waals surface area (Å²) in [5.74, 6) is 1.10. The molecule has 24 heavy (non-hydrogen) atoms. The third-order valence-electron chi connectivity index (χ3n) is 4.15. The second-order valence-corrected chi connectivity index (χ2v) is 6.53. The topological polar surface area (TPSA) is 55.2 Å². The van der Waals surface area contributed by atoms with Gasteiger partial charge in [-0.25, -0.2) is 9.97 Å². The van der Waals surface area contributed by atoms with Crippen LogP contribution in [-0.2, 0) is 18.3 Å². The number of halogens is 2. The molecule has 1 fully saturated rings. The van der Waals surface area contributed by atoms with E-state index in [0.717, 1.165) is 42.7 Å². The third kappa shape index (κ3) is 4.68. The van der Waals surface area contributed by atoms with E-state index < -0.39 is 0 Å². The first-order valence-corrected chi connectivity index (χ1v) is 8.46. The number of imidazole rings is 1. The van der Waals surface area contributed by atoms with Crippen molar-refractivity contribution >= 4 is 36.2 Å². The zero-order valence-corrected chi connectivity index (χ0v) is 16.6. The van der Waals surface area contributed by atoms with Crippen molar-refractivity contribution in [1.82, 2.24) is 24.8 Å². The van der Waals surface area contributed by atoms with Gasteiger partial charge in [-0.1, -0.05) is 0 Å². The first-order chi connectivity index (χ1) is 10.7. The van der Waals surface area contributed by atoms with Crippen molar-refractivity contribution in [3.05, 3.63) is 34.3 Å². The lowest BCUT2D eigenvalue weighted by molar-refractivity contribution is 0.118. The van der Waals surface area contributed by atoms with E-state index in [1.54, 1.807) is 18.4 Å². The Labute approximate surface area is 159 Å². The predicted octanol–water partition coefficient (Wildman–Crippen LogP) is 2.57. The Kier molecular flexibility index (Phi) is 8.62. The van der Waals surface area contributed by atoms with Gasteiger partial charge in [-0.05, 0) is 6.92 Å². The van der Waals surface area contributed by atoms with Gasteiger partial charge >= 0.3 is 0 Å². The molecule has 0 radical (unpaired) electrons. The predicted molar refractivity (Wildman–Crippen MR) is 101 cm³/mol. The Bertz CT molecular complexity index is 621. The first kappa shape index (κ1) is 21.3. The molecule has 1 aliphatic rings. The van der Waals surface area contributed by atoms with Gasteiger partial charge in [0.1, 0.15) is 16.9 Å². The fourth-order valence-corrected chi connectivity index (χ4v) is 3.62. The molecule has 0 amide bonds. The minimum atomic E-state index is 0. The van der Waals surface area contributed by atoms with Crippen LogP contribution in [0, 0.1) is 0 Å². The summed E-state index contributed by atoms with van der Waals surface area (Å²) in [4.78, 5) is 11.7. The Hall–Kier alpha value is -0.700. The van der Waals surface area contributed by atoms with Crippen molar-refractivity contribution in [3.63, 3.8) is 0 Å². The Balaban J connectivity index is 0.00000144. The molecule has 0 bridgehead atoms. The Morgan fingerprint density at radius 2 is 2.25 bits per heavy atom. The summed E-state index contributed by atoms with van der Waals surface area (Å²) in [5, 5.41) is 6.65. The summed E-state index contributed by atoms with van der Waals surface area (Å²) in [6, 6.07) is 0.291. The van der Waals surface area contributed by atoms with Crippen LogP contribution in [-0.4, -0.2) is 46.2 Å². The molecule has 1 N–H and O–H groups in total. The highest BCUT2D eigenvalue weighted by molar-refractivity contribution is 7.09. The smallest absolute Gasteiger partial charge is 0.127 e. The van der Waals surface area contributed by atoms with Crippen LogP contribution in [0.1, 0.15) is 35.6 Å². The van der Waals surface area contributed by atoms with Gasteiger partial charge in [0.05, 0.1) is 11.7 Å². The number of rotatable bonds is 5. The number of hydrogen-bond donors (Lipinski definition) is 1. The van der Waals surface area contributed by atoms with E-state index in [1.165, 1.54) is 0 Å². The maximum Gasteiger partial charge on any atom is 0.127 e. The van der Waals surface area contributed by atoms with Crippen molar-refractivity contribution in [3.8, 4) is 0 Å². The molecule has 0 spiro atoms. The molecule has 0 aliphatic carbocycles. The Morgan fingerprint density at radius 3 is 2.92 bits per heavy atom. The van der Waals surface area contributed by atoms with E-state index in [1.807, 2.05) is 19.3 Å². The van der Waals surface area contributed by atoms with Gasteiger partial charge in [0.25, 0.3) is 0 Å². The van der Waals surface area contributed by atoms with Gasteiger partial charge in [0, 0.05) is 58.1 Å². The molecular weight excluding hydrogens is 369 g/mol. The minimum absolute atomic E-state index is 0. The van der Waals surface area contributed by atoms with Crippen LogP contribution in [0.4, 0.5) is 0 Å². The number of thiazole rings is 1. The quantitative estimate of drug-likeness (QED) is 0.845. The molecule has 0 aromatic carbocycles. The molecule has 2 unspecified atom stereocenters. The summed E-state index contributed by atoms with van der Waals surface area (Å²) >= 11 is 1.67. The van der Waals surface area contributed by atoms with Crippen molar-refractivity contribution in [2.24, 2.45) is 7.05 Å². The zero-order valence-electron chi connectivity index (χ0n) is 14.1. The van der Waals surface area contributed by atoms with Crippen LogP contribution in [0.3, 0.4) is 0 Å². The average molecular weight is 394 g/mol. The van der Waals surface area contributed by atoms with E-state index in [4.69, 9.17) is 9.72 Å². The fourth-order valence-electron chi connectivity index (χ4n) is 2.78. The van der Waals surface area contributed by atoms with Crippen LogP contribution in [0.15, 0.2) is 17.8 Å². The van der Waals surface area contributed by atoms with E-state index in [-0.39, 0.29) is 30.9 Å². The lowest BCUT2D eigenvalue weighted by atomic mass is 10.1. The van der Waals surface area contributed by atoms with E-state index in [0.29, 0.717) is 6.04 Å². The van der Waals surface area contributed by atoms with Crippen molar-refractivity contribution in [2.45, 2.75) is 25.6 Å². The maximum absolute atomic E-state index is 5.35. The highest BCUT2D eigenvalue weighted by Gasteiger charge is 2.27. The van der Waals surface area contributed by atoms with Crippen LogP contribution >= 0.6 is 36.2 Å². The lowest BCUT2D eigenvalue weighted by Gasteiger charge is -2.35. The number of aryl methyl sites for hydroxylation is 1. The zero-order chi connectivity index (χ0) is 15.5. The normalized spacial score (nSPS) is 19.4. The Morgan fingerprint density at radius 1 is 1.46 bits per heavy atom.